The molecule has 2 rings (SSSR count). The lowest BCUT2D eigenvalue weighted by Crippen LogP contribution is -2.22. The summed E-state index contributed by atoms with van der Waals surface area (Å²) in [6, 6.07) is 12.1. The van der Waals surface area contributed by atoms with E-state index in [-0.39, 0.29) is 6.04 Å². The largest absolute Gasteiger partial charge is 0.388 e. The zero-order chi connectivity index (χ0) is 15.4. The van der Waals surface area contributed by atoms with Gasteiger partial charge >= 0.3 is 0 Å². The van der Waals surface area contributed by atoms with Crippen molar-refractivity contribution in [2.75, 3.05) is 7.05 Å². The normalized spacial score (nSPS) is 12.4. The SMILES string of the molecule is CC(c1ccc(Cl)cc1)N(C)Cc1ccnc(C(N)=S)c1. The van der Waals surface area contributed by atoms with Crippen molar-refractivity contribution in [3.05, 3.63) is 64.4 Å². The lowest BCUT2D eigenvalue weighted by molar-refractivity contribution is 0.253. The van der Waals surface area contributed by atoms with Crippen molar-refractivity contribution in [1.82, 2.24) is 9.88 Å². The standard InChI is InChI=1S/C16H18ClN3S/c1-11(13-3-5-14(17)6-4-13)20(2)10-12-7-8-19-15(9-12)16(18)21/h3-9,11H,10H2,1-2H3,(H2,18,21). The topological polar surface area (TPSA) is 42.2 Å². The number of hydrogen-bond acceptors (Lipinski definition) is 3. The molecule has 21 heavy (non-hydrogen) atoms. The van der Waals surface area contributed by atoms with Gasteiger partial charge in [0.25, 0.3) is 0 Å². The van der Waals surface area contributed by atoms with E-state index in [0.717, 1.165) is 17.1 Å². The fourth-order valence-electron chi connectivity index (χ4n) is 2.13. The first-order valence-electron chi connectivity index (χ1n) is 6.68. The van der Waals surface area contributed by atoms with E-state index >= 15 is 0 Å². The van der Waals surface area contributed by atoms with Gasteiger partial charge < -0.3 is 5.73 Å². The Labute approximate surface area is 135 Å². The van der Waals surface area contributed by atoms with Crippen LogP contribution in [0, 0.1) is 0 Å². The maximum atomic E-state index is 5.93. The van der Waals surface area contributed by atoms with Crippen LogP contribution >= 0.6 is 23.8 Å². The molecule has 0 radical (unpaired) electrons. The molecular weight excluding hydrogens is 302 g/mol. The number of nitrogens with zero attached hydrogens (tertiary/aromatic N) is 2. The van der Waals surface area contributed by atoms with E-state index in [0.29, 0.717) is 10.7 Å². The Balaban J connectivity index is 2.10. The molecule has 1 aromatic carbocycles. The van der Waals surface area contributed by atoms with E-state index in [4.69, 9.17) is 29.6 Å². The number of hydrogen-bond donors (Lipinski definition) is 1. The smallest absolute Gasteiger partial charge is 0.122 e. The molecule has 0 aliphatic heterocycles. The molecule has 0 bridgehead atoms. The Morgan fingerprint density at radius 3 is 2.62 bits per heavy atom. The second-order valence-corrected chi connectivity index (χ2v) is 5.93. The molecular formula is C16H18ClN3S. The predicted molar refractivity (Wildman–Crippen MR) is 91.5 cm³/mol. The van der Waals surface area contributed by atoms with E-state index in [1.165, 1.54) is 5.56 Å². The molecule has 1 atom stereocenters. The van der Waals surface area contributed by atoms with E-state index in [1.807, 2.05) is 24.3 Å². The van der Waals surface area contributed by atoms with Crippen LogP contribution in [0.4, 0.5) is 0 Å². The highest BCUT2D eigenvalue weighted by molar-refractivity contribution is 7.80. The highest BCUT2D eigenvalue weighted by atomic mass is 35.5. The van der Waals surface area contributed by atoms with Crippen LogP contribution in [0.3, 0.4) is 0 Å². The first kappa shape index (κ1) is 15.9. The van der Waals surface area contributed by atoms with Gasteiger partial charge in [-0.05, 0) is 49.4 Å². The minimum absolute atomic E-state index is 0.281. The summed E-state index contributed by atoms with van der Waals surface area (Å²) >= 11 is 10.9. The van der Waals surface area contributed by atoms with Gasteiger partial charge in [0.05, 0.1) is 5.69 Å². The average molecular weight is 320 g/mol. The number of thiocarbonyl (C=S) groups is 1. The third-order valence-corrected chi connectivity index (χ3v) is 3.98. The molecule has 3 nitrogen and oxygen atoms in total. The van der Waals surface area contributed by atoms with Crippen molar-refractivity contribution in [2.45, 2.75) is 19.5 Å². The molecule has 2 aromatic rings. The molecule has 1 aromatic heterocycles. The quantitative estimate of drug-likeness (QED) is 0.856. The molecule has 1 unspecified atom stereocenters. The van der Waals surface area contributed by atoms with Crippen LogP contribution in [0.15, 0.2) is 42.6 Å². The molecule has 0 fully saturated rings. The Morgan fingerprint density at radius 1 is 1.33 bits per heavy atom. The maximum absolute atomic E-state index is 5.93. The first-order valence-corrected chi connectivity index (χ1v) is 7.46. The van der Waals surface area contributed by atoms with E-state index < -0.39 is 0 Å². The Hall–Kier alpha value is -1.49. The van der Waals surface area contributed by atoms with Crippen molar-refractivity contribution < 1.29 is 0 Å². The van der Waals surface area contributed by atoms with E-state index in [2.05, 4.69) is 36.0 Å². The van der Waals surface area contributed by atoms with Crippen molar-refractivity contribution >= 4 is 28.8 Å². The molecule has 2 N–H and O–H groups in total. The summed E-state index contributed by atoms with van der Waals surface area (Å²) in [5.41, 5.74) is 8.65. The summed E-state index contributed by atoms with van der Waals surface area (Å²) < 4.78 is 0. The van der Waals surface area contributed by atoms with Gasteiger partial charge in [0, 0.05) is 23.8 Å². The van der Waals surface area contributed by atoms with E-state index in [1.54, 1.807) is 6.20 Å². The van der Waals surface area contributed by atoms with Crippen molar-refractivity contribution in [2.24, 2.45) is 5.73 Å². The number of aromatic nitrogens is 1. The van der Waals surface area contributed by atoms with Crippen LogP contribution < -0.4 is 5.73 Å². The lowest BCUT2D eigenvalue weighted by Gasteiger charge is -2.25. The number of halogens is 1. The van der Waals surface area contributed by atoms with Gasteiger partial charge in [-0.2, -0.15) is 0 Å². The molecule has 110 valence electrons. The molecule has 0 saturated carbocycles. The van der Waals surface area contributed by atoms with Crippen LogP contribution in [0.25, 0.3) is 0 Å². The Bertz CT molecular complexity index is 628. The number of pyridine rings is 1. The second-order valence-electron chi connectivity index (χ2n) is 5.06. The minimum Gasteiger partial charge on any atom is -0.388 e. The maximum Gasteiger partial charge on any atom is 0.122 e. The van der Waals surface area contributed by atoms with Crippen LogP contribution in [-0.2, 0) is 6.54 Å². The third kappa shape index (κ3) is 4.24. The van der Waals surface area contributed by atoms with Crippen molar-refractivity contribution in [3.8, 4) is 0 Å². The molecule has 0 aliphatic rings. The van der Waals surface area contributed by atoms with Crippen LogP contribution in [0.1, 0.15) is 29.8 Å². The Kier molecular flexibility index (Phi) is 5.28. The van der Waals surface area contributed by atoms with Crippen molar-refractivity contribution in [3.63, 3.8) is 0 Å². The average Bonchev–Trinajstić information content (AvgIpc) is 2.47. The van der Waals surface area contributed by atoms with Crippen LogP contribution in [-0.4, -0.2) is 21.9 Å². The number of rotatable bonds is 5. The summed E-state index contributed by atoms with van der Waals surface area (Å²) in [7, 11) is 2.08. The zero-order valence-electron chi connectivity index (χ0n) is 12.1. The molecule has 1 heterocycles. The highest BCUT2D eigenvalue weighted by Gasteiger charge is 2.12. The summed E-state index contributed by atoms with van der Waals surface area (Å²) in [6.07, 6.45) is 1.74. The summed E-state index contributed by atoms with van der Waals surface area (Å²) in [5.74, 6) is 0. The fraction of sp³-hybridized carbons (Fsp3) is 0.250. The van der Waals surface area contributed by atoms with Gasteiger partial charge in [0.1, 0.15) is 4.99 Å². The third-order valence-electron chi connectivity index (χ3n) is 3.52. The molecule has 5 heteroatoms. The fourth-order valence-corrected chi connectivity index (χ4v) is 2.37. The van der Waals surface area contributed by atoms with Gasteiger partial charge in [-0.3, -0.25) is 9.88 Å². The lowest BCUT2D eigenvalue weighted by atomic mass is 10.1. The zero-order valence-corrected chi connectivity index (χ0v) is 13.7. The van der Waals surface area contributed by atoms with Crippen molar-refractivity contribution in [1.29, 1.82) is 0 Å². The molecule has 0 amide bonds. The molecule has 0 spiro atoms. The van der Waals surface area contributed by atoms with Crippen LogP contribution in [0.2, 0.25) is 5.02 Å². The summed E-state index contributed by atoms with van der Waals surface area (Å²) in [6.45, 7) is 2.96. The first-order chi connectivity index (χ1) is 9.97. The second kappa shape index (κ2) is 6.98. The molecule has 0 saturated heterocycles. The van der Waals surface area contributed by atoms with E-state index in [9.17, 15) is 0 Å². The van der Waals surface area contributed by atoms with Gasteiger partial charge in [-0.25, -0.2) is 0 Å². The van der Waals surface area contributed by atoms with Crippen LogP contribution in [0.5, 0.6) is 0 Å². The van der Waals surface area contributed by atoms with Gasteiger partial charge in [0.15, 0.2) is 0 Å². The predicted octanol–water partition coefficient (Wildman–Crippen LogP) is 3.56. The highest BCUT2D eigenvalue weighted by Crippen LogP contribution is 2.22. The summed E-state index contributed by atoms with van der Waals surface area (Å²) in [4.78, 5) is 6.74. The summed E-state index contributed by atoms with van der Waals surface area (Å²) in [5, 5.41) is 0.754. The Morgan fingerprint density at radius 2 is 2.00 bits per heavy atom. The molecule has 0 aliphatic carbocycles. The minimum atomic E-state index is 0.281. The van der Waals surface area contributed by atoms with Gasteiger partial charge in [0.2, 0.25) is 0 Å². The number of nitrogens with two attached hydrogens (primary N) is 1. The van der Waals surface area contributed by atoms with Gasteiger partial charge in [-0.1, -0.05) is 36.0 Å². The van der Waals surface area contributed by atoms with Gasteiger partial charge in [-0.15, -0.1) is 0 Å². The monoisotopic (exact) mass is 319 g/mol. The number of benzene rings is 1.